The number of furan rings is 1. The van der Waals surface area contributed by atoms with E-state index in [1.54, 1.807) is 6.20 Å². The van der Waals surface area contributed by atoms with Crippen LogP contribution in [0, 0.1) is 20.8 Å². The third-order valence-electron chi connectivity index (χ3n) is 6.57. The minimum Gasteiger partial charge on any atom is -0.437 e. The van der Waals surface area contributed by atoms with Crippen LogP contribution in [0.1, 0.15) is 16.7 Å². The van der Waals surface area contributed by atoms with E-state index >= 15 is 0 Å². The molecule has 0 fully saturated rings. The number of benzene rings is 2. The van der Waals surface area contributed by atoms with Crippen molar-refractivity contribution in [1.29, 1.82) is 0 Å². The Balaban J connectivity index is 1.98. The monoisotopic (exact) mass is 425 g/mol. The summed E-state index contributed by atoms with van der Waals surface area (Å²) in [4.78, 5) is 4.48. The fourth-order valence-corrected chi connectivity index (χ4v) is 6.32. The van der Waals surface area contributed by atoms with Gasteiger partial charge in [0.05, 0.1) is 13.6 Å². The van der Waals surface area contributed by atoms with Crippen LogP contribution in [0.5, 0.6) is 0 Å². The van der Waals surface area contributed by atoms with Gasteiger partial charge in [-0.25, -0.2) is 4.98 Å². The minimum absolute atomic E-state index is 0.702. The van der Waals surface area contributed by atoms with Crippen molar-refractivity contribution >= 4 is 46.2 Å². The van der Waals surface area contributed by atoms with Crippen molar-refractivity contribution in [3.05, 3.63) is 65.4 Å². The van der Waals surface area contributed by atoms with Crippen LogP contribution in [0.4, 0.5) is 0 Å². The lowest BCUT2D eigenvalue weighted by Gasteiger charge is -2.20. The maximum absolute atomic E-state index is 6.37. The quantitative estimate of drug-likeness (QED) is 0.253. The fraction of sp³-hybridized carbons (Fsp3) is 0.259. The van der Waals surface area contributed by atoms with E-state index in [0.29, 0.717) is 5.71 Å². The number of hydrogen-bond acceptors (Lipinski definition) is 2. The van der Waals surface area contributed by atoms with E-state index in [-0.39, 0.29) is 0 Å². The van der Waals surface area contributed by atoms with Crippen molar-refractivity contribution < 1.29 is 8.98 Å². The van der Waals surface area contributed by atoms with E-state index in [0.717, 1.165) is 16.4 Å². The normalized spacial score (nSPS) is 12.4. The number of fused-ring (bicyclic) bond motifs is 4. The summed E-state index contributed by atoms with van der Waals surface area (Å²) < 4.78 is 8.71. The molecule has 0 N–H and O–H groups in total. The highest BCUT2D eigenvalue weighted by molar-refractivity contribution is 6.90. The third kappa shape index (κ3) is 3.00. The van der Waals surface area contributed by atoms with Crippen molar-refractivity contribution in [2.24, 2.45) is 7.05 Å². The van der Waals surface area contributed by atoms with Crippen LogP contribution < -0.4 is 9.75 Å². The largest absolute Gasteiger partial charge is 0.437 e. The molecule has 0 amide bonds. The van der Waals surface area contributed by atoms with Crippen molar-refractivity contribution in [3.63, 3.8) is 0 Å². The number of hydrogen-bond donors (Lipinski definition) is 0. The van der Waals surface area contributed by atoms with Gasteiger partial charge < -0.3 is 4.42 Å². The van der Waals surface area contributed by atoms with E-state index < -0.39 is 8.07 Å². The average Bonchev–Trinajstić information content (AvgIpc) is 3.07. The summed E-state index contributed by atoms with van der Waals surface area (Å²) in [7, 11) is 0.582. The van der Waals surface area contributed by atoms with Crippen LogP contribution in [0.3, 0.4) is 0 Å². The SMILES string of the molecule is Cc1ccc2c(c1)c([Si](C)(C)C)cc(-c1c(C)c(C)cc3c1oc1ncccc13)[n+]2C. The van der Waals surface area contributed by atoms with E-state index in [1.807, 2.05) is 6.07 Å². The summed E-state index contributed by atoms with van der Waals surface area (Å²) >= 11 is 0. The molecule has 0 saturated heterocycles. The van der Waals surface area contributed by atoms with Gasteiger partial charge in [0, 0.05) is 34.5 Å². The van der Waals surface area contributed by atoms with Gasteiger partial charge >= 0.3 is 0 Å². The molecule has 31 heavy (non-hydrogen) atoms. The molecule has 4 heteroatoms. The molecular weight excluding hydrogens is 396 g/mol. The first kappa shape index (κ1) is 19.9. The first-order chi connectivity index (χ1) is 14.7. The maximum Gasteiger partial charge on any atom is 0.227 e. The van der Waals surface area contributed by atoms with Gasteiger partial charge in [0.25, 0.3) is 0 Å². The Morgan fingerprint density at radius 2 is 1.68 bits per heavy atom. The van der Waals surface area contributed by atoms with Crippen LogP contribution in [0.15, 0.2) is 53.1 Å². The standard InChI is InChI=1S/C27H29N2OSi/c1-16-10-11-22-21(13-16)24(31(5,6)7)15-23(29(22)4)25-18(3)17(2)14-20-19-9-8-12-28-27(19)30-26(20)25/h8-15H,1-7H3/q+1. The van der Waals surface area contributed by atoms with Gasteiger partial charge in [0.1, 0.15) is 7.05 Å². The summed E-state index contributed by atoms with van der Waals surface area (Å²) in [6.45, 7) is 13.9. The second kappa shape index (κ2) is 6.76. The van der Waals surface area contributed by atoms with Gasteiger partial charge in [-0.1, -0.05) is 31.3 Å². The smallest absolute Gasteiger partial charge is 0.227 e. The molecule has 0 aliphatic carbocycles. The van der Waals surface area contributed by atoms with Gasteiger partial charge in [-0.2, -0.15) is 4.57 Å². The average molecular weight is 426 g/mol. The van der Waals surface area contributed by atoms with E-state index in [9.17, 15) is 0 Å². The molecule has 3 aromatic heterocycles. The Hall–Kier alpha value is -2.98. The predicted molar refractivity (Wildman–Crippen MR) is 133 cm³/mol. The van der Waals surface area contributed by atoms with Crippen LogP contribution in [-0.4, -0.2) is 13.1 Å². The highest BCUT2D eigenvalue weighted by Gasteiger charge is 2.29. The van der Waals surface area contributed by atoms with Crippen LogP contribution >= 0.6 is 0 Å². The summed E-state index contributed by atoms with van der Waals surface area (Å²) in [5.74, 6) is 0. The molecule has 0 aliphatic rings. The first-order valence-corrected chi connectivity index (χ1v) is 14.4. The number of rotatable bonds is 2. The summed E-state index contributed by atoms with van der Waals surface area (Å²) in [5.41, 5.74) is 9.12. The van der Waals surface area contributed by atoms with Crippen molar-refractivity contribution in [1.82, 2.24) is 4.98 Å². The van der Waals surface area contributed by atoms with Gasteiger partial charge in [-0.05, 0) is 61.4 Å². The molecule has 156 valence electrons. The zero-order valence-electron chi connectivity index (χ0n) is 19.4. The maximum atomic E-state index is 6.37. The van der Waals surface area contributed by atoms with E-state index in [2.05, 4.69) is 93.4 Å². The summed E-state index contributed by atoms with van der Waals surface area (Å²) in [6.07, 6.45) is 1.80. The molecule has 0 unspecified atom stereocenters. The van der Waals surface area contributed by atoms with Gasteiger partial charge in [-0.15, -0.1) is 0 Å². The Labute approximate surface area is 184 Å². The van der Waals surface area contributed by atoms with Gasteiger partial charge in [0.15, 0.2) is 5.58 Å². The van der Waals surface area contributed by atoms with E-state index in [4.69, 9.17) is 4.42 Å². The lowest BCUT2D eigenvalue weighted by Crippen LogP contribution is -2.43. The van der Waals surface area contributed by atoms with E-state index in [1.165, 1.54) is 44.0 Å². The lowest BCUT2D eigenvalue weighted by atomic mass is 9.96. The number of aromatic nitrogens is 2. The Morgan fingerprint density at radius 1 is 0.903 bits per heavy atom. The number of pyridine rings is 2. The zero-order chi connectivity index (χ0) is 22.1. The third-order valence-corrected chi connectivity index (χ3v) is 8.60. The van der Waals surface area contributed by atoms with Gasteiger partial charge in [0.2, 0.25) is 16.9 Å². The molecule has 2 aromatic carbocycles. The predicted octanol–water partition coefficient (Wildman–Crippen LogP) is 6.10. The van der Waals surface area contributed by atoms with Crippen LogP contribution in [0.25, 0.3) is 44.2 Å². The Kier molecular flexibility index (Phi) is 4.35. The van der Waals surface area contributed by atoms with Gasteiger partial charge in [-0.3, -0.25) is 0 Å². The molecule has 5 rings (SSSR count). The fourth-order valence-electron chi connectivity index (χ4n) is 4.74. The molecule has 0 radical (unpaired) electrons. The summed E-state index contributed by atoms with van der Waals surface area (Å²) in [5, 5.41) is 5.08. The summed E-state index contributed by atoms with van der Waals surface area (Å²) in [6, 6.07) is 15.6. The van der Waals surface area contributed by atoms with Crippen LogP contribution in [0.2, 0.25) is 19.6 Å². The minimum atomic E-state index is -1.59. The second-order valence-electron chi connectivity index (χ2n) is 9.80. The lowest BCUT2D eigenvalue weighted by molar-refractivity contribution is -0.633. The molecular formula is C27H29N2OSi+. The highest BCUT2D eigenvalue weighted by Crippen LogP contribution is 2.38. The Morgan fingerprint density at radius 3 is 2.42 bits per heavy atom. The molecule has 3 nitrogen and oxygen atoms in total. The molecule has 0 bridgehead atoms. The molecule has 0 saturated carbocycles. The van der Waals surface area contributed by atoms with Crippen LogP contribution in [-0.2, 0) is 7.05 Å². The van der Waals surface area contributed by atoms with Crippen molar-refractivity contribution in [2.75, 3.05) is 0 Å². The molecule has 3 heterocycles. The van der Waals surface area contributed by atoms with Crippen molar-refractivity contribution in [3.8, 4) is 11.3 Å². The molecule has 5 aromatic rings. The highest BCUT2D eigenvalue weighted by atomic mass is 28.3. The Bertz CT molecular complexity index is 1510. The first-order valence-electron chi connectivity index (χ1n) is 10.9. The number of aryl methyl sites for hydroxylation is 3. The second-order valence-corrected chi connectivity index (χ2v) is 14.8. The molecule has 0 aliphatic heterocycles. The molecule has 0 spiro atoms. The zero-order valence-corrected chi connectivity index (χ0v) is 20.4. The number of nitrogens with zero attached hydrogens (tertiary/aromatic N) is 2. The van der Waals surface area contributed by atoms with Crippen molar-refractivity contribution in [2.45, 2.75) is 40.4 Å². The molecule has 0 atom stereocenters. The topological polar surface area (TPSA) is 29.9 Å².